The van der Waals surface area contributed by atoms with E-state index < -0.39 is 0 Å². The van der Waals surface area contributed by atoms with Crippen LogP contribution in [0.4, 0.5) is 15.8 Å². The first-order valence-electron chi connectivity index (χ1n) is 9.62. The van der Waals surface area contributed by atoms with Crippen LogP contribution in [0.15, 0.2) is 69.6 Å². The molecule has 0 bridgehead atoms. The molecule has 1 fully saturated rings. The number of furan rings is 1. The number of rotatable bonds is 4. The molecular weight excluding hydrogens is 449 g/mol. The van der Waals surface area contributed by atoms with Crippen LogP contribution < -0.4 is 10.6 Å². The van der Waals surface area contributed by atoms with Crippen molar-refractivity contribution in [1.82, 2.24) is 4.90 Å². The second-order valence-electron chi connectivity index (χ2n) is 7.06. The first kappa shape index (κ1) is 20.2. The summed E-state index contributed by atoms with van der Waals surface area (Å²) in [4.78, 5) is 16.5. The maximum atomic E-state index is 13.1. The predicted octanol–water partition coefficient (Wildman–Crippen LogP) is 4.79. The summed E-state index contributed by atoms with van der Waals surface area (Å²) >= 11 is 3.49. The molecule has 2 N–H and O–H groups in total. The van der Waals surface area contributed by atoms with Gasteiger partial charge in [-0.2, -0.15) is 0 Å². The van der Waals surface area contributed by atoms with Crippen molar-refractivity contribution >= 4 is 39.3 Å². The second-order valence-corrected chi connectivity index (χ2v) is 7.92. The summed E-state index contributed by atoms with van der Waals surface area (Å²) in [5.41, 5.74) is 8.31. The van der Waals surface area contributed by atoms with Crippen molar-refractivity contribution in [2.75, 3.05) is 36.8 Å². The van der Waals surface area contributed by atoms with Crippen LogP contribution in [0.1, 0.15) is 5.76 Å². The number of carbonyl (C=O) groups is 1. The molecule has 0 radical (unpaired) electrons. The highest BCUT2D eigenvalue weighted by molar-refractivity contribution is 9.10. The summed E-state index contributed by atoms with van der Waals surface area (Å²) in [6.45, 7) is 2.65. The number of piperazine rings is 1. The summed E-state index contributed by atoms with van der Waals surface area (Å²) in [7, 11) is 0. The molecule has 0 saturated carbocycles. The Morgan fingerprint density at radius 3 is 2.47 bits per heavy atom. The molecule has 2 heterocycles. The number of amides is 1. The van der Waals surface area contributed by atoms with E-state index in [0.717, 1.165) is 15.7 Å². The molecule has 0 atom stereocenters. The van der Waals surface area contributed by atoms with E-state index in [4.69, 9.17) is 10.2 Å². The van der Waals surface area contributed by atoms with Gasteiger partial charge in [-0.3, -0.25) is 4.79 Å². The van der Waals surface area contributed by atoms with Crippen LogP contribution in [0.5, 0.6) is 0 Å². The molecule has 0 spiro atoms. The number of anilines is 2. The van der Waals surface area contributed by atoms with Crippen LogP contribution in [-0.2, 0) is 4.79 Å². The van der Waals surface area contributed by atoms with E-state index in [1.807, 2.05) is 30.3 Å². The minimum absolute atomic E-state index is 0.0552. The van der Waals surface area contributed by atoms with E-state index >= 15 is 0 Å². The van der Waals surface area contributed by atoms with Crippen molar-refractivity contribution in [2.45, 2.75) is 0 Å². The molecule has 5 nitrogen and oxygen atoms in total. The first-order valence-corrected chi connectivity index (χ1v) is 10.4. The lowest BCUT2D eigenvalue weighted by molar-refractivity contribution is -0.126. The van der Waals surface area contributed by atoms with Crippen molar-refractivity contribution in [3.8, 4) is 11.3 Å². The molecule has 1 saturated heterocycles. The van der Waals surface area contributed by atoms with Gasteiger partial charge in [-0.05, 0) is 76.6 Å². The SMILES string of the molecule is Nc1ccc(-c2ccc(/C=C/C(=O)N3CCN(c4ccc(F)cc4)CC3)o2)c(Br)c1. The lowest BCUT2D eigenvalue weighted by atomic mass is 10.1. The highest BCUT2D eigenvalue weighted by atomic mass is 79.9. The van der Waals surface area contributed by atoms with Gasteiger partial charge in [-0.25, -0.2) is 4.39 Å². The summed E-state index contributed by atoms with van der Waals surface area (Å²) < 4.78 is 19.8. The number of nitrogens with zero attached hydrogens (tertiary/aromatic N) is 2. The van der Waals surface area contributed by atoms with Gasteiger partial charge in [-0.1, -0.05) is 0 Å². The fourth-order valence-electron chi connectivity index (χ4n) is 3.41. The summed E-state index contributed by atoms with van der Waals surface area (Å²) in [6.07, 6.45) is 3.22. The zero-order chi connectivity index (χ0) is 21.1. The third kappa shape index (κ3) is 4.57. The van der Waals surface area contributed by atoms with E-state index in [1.165, 1.54) is 18.2 Å². The Bertz CT molecular complexity index is 1070. The fraction of sp³-hybridized carbons (Fsp3) is 0.174. The molecule has 2 aromatic carbocycles. The molecular formula is C23H21BrFN3O2. The Kier molecular flexibility index (Phi) is 5.90. The number of benzene rings is 2. The quantitative estimate of drug-likeness (QED) is 0.440. The average molecular weight is 470 g/mol. The van der Waals surface area contributed by atoms with Crippen molar-refractivity contribution in [3.05, 3.63) is 76.7 Å². The van der Waals surface area contributed by atoms with Crippen LogP contribution in [0, 0.1) is 5.82 Å². The van der Waals surface area contributed by atoms with Gasteiger partial charge in [0.25, 0.3) is 0 Å². The maximum Gasteiger partial charge on any atom is 0.246 e. The molecule has 154 valence electrons. The van der Waals surface area contributed by atoms with Gasteiger partial charge < -0.3 is 20.0 Å². The van der Waals surface area contributed by atoms with Crippen LogP contribution in [-0.4, -0.2) is 37.0 Å². The van der Waals surface area contributed by atoms with Crippen molar-refractivity contribution < 1.29 is 13.6 Å². The molecule has 30 heavy (non-hydrogen) atoms. The minimum Gasteiger partial charge on any atom is -0.457 e. The van der Waals surface area contributed by atoms with Crippen LogP contribution in [0.2, 0.25) is 0 Å². The summed E-state index contributed by atoms with van der Waals surface area (Å²) in [6, 6.07) is 15.6. The molecule has 0 aliphatic carbocycles. The Morgan fingerprint density at radius 1 is 1.03 bits per heavy atom. The zero-order valence-corrected chi connectivity index (χ0v) is 17.8. The number of hydrogen-bond donors (Lipinski definition) is 1. The van der Waals surface area contributed by atoms with Crippen molar-refractivity contribution in [1.29, 1.82) is 0 Å². The average Bonchev–Trinajstić information content (AvgIpc) is 3.21. The molecule has 4 rings (SSSR count). The predicted molar refractivity (Wildman–Crippen MR) is 120 cm³/mol. The summed E-state index contributed by atoms with van der Waals surface area (Å²) in [5.74, 6) is 0.997. The van der Waals surface area contributed by atoms with Gasteiger partial charge in [0.1, 0.15) is 17.3 Å². The third-order valence-electron chi connectivity index (χ3n) is 5.06. The number of nitrogen functional groups attached to an aromatic ring is 1. The lowest BCUT2D eigenvalue weighted by Gasteiger charge is -2.35. The molecule has 0 unspecified atom stereocenters. The molecule has 7 heteroatoms. The highest BCUT2D eigenvalue weighted by Gasteiger charge is 2.20. The van der Waals surface area contributed by atoms with Gasteiger partial charge >= 0.3 is 0 Å². The highest BCUT2D eigenvalue weighted by Crippen LogP contribution is 2.31. The monoisotopic (exact) mass is 469 g/mol. The molecule has 1 amide bonds. The standard InChI is InChI=1S/C23H21BrFN3O2/c24-21-15-17(26)3-8-20(21)22-9-6-19(30-22)7-10-23(29)28-13-11-27(12-14-28)18-4-1-16(25)2-5-18/h1-10,15H,11-14,26H2/b10-7+. The van der Waals surface area contributed by atoms with Crippen molar-refractivity contribution in [3.63, 3.8) is 0 Å². The Labute approximate surface area is 182 Å². The largest absolute Gasteiger partial charge is 0.457 e. The minimum atomic E-state index is -0.248. The molecule has 1 aliphatic rings. The van der Waals surface area contributed by atoms with E-state index in [1.54, 1.807) is 23.1 Å². The molecule has 1 aromatic heterocycles. The van der Waals surface area contributed by atoms with Crippen LogP contribution >= 0.6 is 15.9 Å². The Morgan fingerprint density at radius 2 is 1.77 bits per heavy atom. The topological polar surface area (TPSA) is 62.7 Å². The number of carbonyl (C=O) groups excluding carboxylic acids is 1. The fourth-order valence-corrected chi connectivity index (χ4v) is 4.01. The maximum absolute atomic E-state index is 13.1. The van der Waals surface area contributed by atoms with Crippen LogP contribution in [0.3, 0.4) is 0 Å². The molecule has 3 aromatic rings. The summed E-state index contributed by atoms with van der Waals surface area (Å²) in [5, 5.41) is 0. The van der Waals surface area contributed by atoms with Crippen LogP contribution in [0.25, 0.3) is 17.4 Å². The van der Waals surface area contributed by atoms with Gasteiger partial charge in [0.05, 0.1) is 0 Å². The van der Waals surface area contributed by atoms with Crippen molar-refractivity contribution in [2.24, 2.45) is 0 Å². The number of halogens is 2. The lowest BCUT2D eigenvalue weighted by Crippen LogP contribution is -2.48. The van der Waals surface area contributed by atoms with E-state index in [-0.39, 0.29) is 11.7 Å². The van der Waals surface area contributed by atoms with Gasteiger partial charge in [0.2, 0.25) is 5.91 Å². The van der Waals surface area contributed by atoms with E-state index in [2.05, 4.69) is 20.8 Å². The Balaban J connectivity index is 1.35. The zero-order valence-electron chi connectivity index (χ0n) is 16.2. The first-order chi connectivity index (χ1) is 14.5. The van der Waals surface area contributed by atoms with E-state index in [0.29, 0.717) is 43.4 Å². The number of hydrogen-bond acceptors (Lipinski definition) is 4. The second kappa shape index (κ2) is 8.75. The van der Waals surface area contributed by atoms with Gasteiger partial charge in [0, 0.05) is 53.7 Å². The van der Waals surface area contributed by atoms with Gasteiger partial charge in [-0.15, -0.1) is 0 Å². The third-order valence-corrected chi connectivity index (χ3v) is 5.71. The normalized spacial score (nSPS) is 14.5. The molecule has 1 aliphatic heterocycles. The Hall–Kier alpha value is -3.06. The van der Waals surface area contributed by atoms with E-state index in [9.17, 15) is 9.18 Å². The smallest absolute Gasteiger partial charge is 0.246 e. The number of nitrogens with two attached hydrogens (primary N) is 1. The van der Waals surface area contributed by atoms with Gasteiger partial charge in [0.15, 0.2) is 0 Å².